The lowest BCUT2D eigenvalue weighted by Crippen LogP contribution is -2.40. The summed E-state index contributed by atoms with van der Waals surface area (Å²) in [5.74, 6) is -0.405. The normalized spacial score (nSPS) is 19.4. The van der Waals surface area contributed by atoms with Crippen molar-refractivity contribution in [2.75, 3.05) is 10.2 Å². The third kappa shape index (κ3) is 4.11. The van der Waals surface area contributed by atoms with Crippen LogP contribution in [0.1, 0.15) is 43.2 Å². The molecule has 6 heteroatoms. The predicted molar refractivity (Wildman–Crippen MR) is 130 cm³/mol. The van der Waals surface area contributed by atoms with Crippen LogP contribution in [0.4, 0.5) is 15.8 Å². The highest BCUT2D eigenvalue weighted by Crippen LogP contribution is 2.49. The van der Waals surface area contributed by atoms with Crippen LogP contribution in [0.5, 0.6) is 0 Å². The minimum atomic E-state index is -0.507. The maximum absolute atomic E-state index is 13.9. The van der Waals surface area contributed by atoms with Gasteiger partial charge in [0.05, 0.1) is 17.8 Å². The zero-order valence-electron chi connectivity index (χ0n) is 18.6. The van der Waals surface area contributed by atoms with Crippen LogP contribution in [0.2, 0.25) is 0 Å². The molecule has 1 N–H and O–H groups in total. The van der Waals surface area contributed by atoms with E-state index in [2.05, 4.69) is 19.2 Å². The summed E-state index contributed by atoms with van der Waals surface area (Å²) in [6, 6.07) is 17.1. The molecule has 0 spiro atoms. The molecule has 4 nitrogen and oxygen atoms in total. The number of para-hydroxylation sites is 2. The monoisotopic (exact) mass is 460 g/mol. The first kappa shape index (κ1) is 21.6. The highest BCUT2D eigenvalue weighted by Gasteiger charge is 2.43. The Labute approximate surface area is 196 Å². The number of halogens is 1. The van der Waals surface area contributed by atoms with Crippen molar-refractivity contribution < 1.29 is 14.0 Å². The summed E-state index contributed by atoms with van der Waals surface area (Å²) in [5, 5.41) is 5.49. The molecule has 1 atom stereocenters. The molecule has 1 aromatic heterocycles. The number of ketones is 1. The second kappa shape index (κ2) is 8.27. The Morgan fingerprint density at radius 2 is 1.85 bits per heavy atom. The van der Waals surface area contributed by atoms with Crippen molar-refractivity contribution in [1.82, 2.24) is 0 Å². The van der Waals surface area contributed by atoms with Gasteiger partial charge in [0.2, 0.25) is 5.91 Å². The molecule has 2 aliphatic rings. The van der Waals surface area contributed by atoms with Gasteiger partial charge in [-0.1, -0.05) is 44.2 Å². The minimum Gasteiger partial charge on any atom is -0.357 e. The van der Waals surface area contributed by atoms with Gasteiger partial charge < -0.3 is 5.32 Å². The first-order chi connectivity index (χ1) is 15.8. The van der Waals surface area contributed by atoms with E-state index >= 15 is 0 Å². The Morgan fingerprint density at radius 1 is 1.09 bits per heavy atom. The van der Waals surface area contributed by atoms with E-state index in [1.165, 1.54) is 12.1 Å². The van der Waals surface area contributed by atoms with Gasteiger partial charge in [-0.05, 0) is 53.1 Å². The number of carbonyl (C=O) groups excluding carboxylic acids is 2. The fraction of sp³-hybridized carbons (Fsp3) is 0.259. The van der Waals surface area contributed by atoms with E-state index in [1.807, 2.05) is 41.8 Å². The number of anilines is 2. The van der Waals surface area contributed by atoms with Gasteiger partial charge in [-0.15, -0.1) is 11.3 Å². The Kier molecular flexibility index (Phi) is 5.41. The summed E-state index contributed by atoms with van der Waals surface area (Å²) in [5.41, 5.74) is 3.67. The molecule has 2 heterocycles. The predicted octanol–water partition coefficient (Wildman–Crippen LogP) is 6.27. The van der Waals surface area contributed by atoms with Gasteiger partial charge in [0.1, 0.15) is 11.9 Å². The summed E-state index contributed by atoms with van der Waals surface area (Å²) in [7, 11) is 0. The highest BCUT2D eigenvalue weighted by atomic mass is 32.1. The first-order valence-corrected chi connectivity index (χ1v) is 11.9. The number of fused-ring (bicyclic) bond motifs is 1. The lowest BCUT2D eigenvalue weighted by atomic mass is 9.74. The molecule has 0 saturated heterocycles. The molecule has 1 aliphatic heterocycles. The first-order valence-electron chi connectivity index (χ1n) is 11.0. The highest BCUT2D eigenvalue weighted by molar-refractivity contribution is 7.10. The molecule has 0 unspecified atom stereocenters. The Bertz CT molecular complexity index is 1250. The number of nitrogens with zero attached hydrogens (tertiary/aromatic N) is 1. The maximum Gasteiger partial charge on any atom is 0.232 e. The summed E-state index contributed by atoms with van der Waals surface area (Å²) < 4.78 is 13.4. The van der Waals surface area contributed by atoms with Crippen molar-refractivity contribution in [3.05, 3.63) is 93.6 Å². The molecule has 168 valence electrons. The van der Waals surface area contributed by atoms with Gasteiger partial charge in [0.15, 0.2) is 5.78 Å². The van der Waals surface area contributed by atoms with Gasteiger partial charge in [0, 0.05) is 22.6 Å². The zero-order valence-corrected chi connectivity index (χ0v) is 19.4. The van der Waals surface area contributed by atoms with Gasteiger partial charge in [-0.25, -0.2) is 4.39 Å². The molecule has 1 amide bonds. The van der Waals surface area contributed by atoms with Crippen LogP contribution in [0.25, 0.3) is 0 Å². The van der Waals surface area contributed by atoms with Gasteiger partial charge >= 0.3 is 0 Å². The number of thiophene rings is 1. The van der Waals surface area contributed by atoms with E-state index in [9.17, 15) is 14.0 Å². The average molecular weight is 461 g/mol. The lowest BCUT2D eigenvalue weighted by molar-refractivity contribution is -0.119. The van der Waals surface area contributed by atoms with E-state index in [0.29, 0.717) is 12.0 Å². The van der Waals surface area contributed by atoms with Gasteiger partial charge in [-0.3, -0.25) is 14.5 Å². The van der Waals surface area contributed by atoms with E-state index in [1.54, 1.807) is 28.4 Å². The molecule has 0 fully saturated rings. The Morgan fingerprint density at radius 3 is 2.58 bits per heavy atom. The fourth-order valence-corrected chi connectivity index (χ4v) is 5.66. The SMILES string of the molecule is CC1(C)CC(=O)C2=C(C1)Nc1ccccc1N(C(=O)Cc1ccc(F)cc1)[C@H]2c1cccs1. The molecule has 1 aliphatic carbocycles. The number of amides is 1. The van der Waals surface area contributed by atoms with Crippen LogP contribution >= 0.6 is 11.3 Å². The van der Waals surface area contributed by atoms with Crippen LogP contribution in [0.15, 0.2) is 77.3 Å². The quantitative estimate of drug-likeness (QED) is 0.501. The van der Waals surface area contributed by atoms with E-state index in [0.717, 1.165) is 33.9 Å². The number of Topliss-reactive ketones (excluding diaryl/α,β-unsaturated/α-hetero) is 1. The number of hydrogen-bond donors (Lipinski definition) is 1. The zero-order chi connectivity index (χ0) is 23.2. The molecule has 33 heavy (non-hydrogen) atoms. The summed E-state index contributed by atoms with van der Waals surface area (Å²) in [6.45, 7) is 4.20. The van der Waals surface area contributed by atoms with Crippen molar-refractivity contribution in [3.8, 4) is 0 Å². The Balaban J connectivity index is 1.68. The largest absolute Gasteiger partial charge is 0.357 e. The lowest BCUT2D eigenvalue weighted by Gasteiger charge is -2.36. The van der Waals surface area contributed by atoms with Crippen LogP contribution in [0, 0.1) is 11.2 Å². The number of carbonyl (C=O) groups is 2. The van der Waals surface area contributed by atoms with Crippen molar-refractivity contribution in [2.24, 2.45) is 5.41 Å². The van der Waals surface area contributed by atoms with Gasteiger partial charge in [0.25, 0.3) is 0 Å². The smallest absolute Gasteiger partial charge is 0.232 e. The molecule has 2 aromatic carbocycles. The van der Waals surface area contributed by atoms with Crippen LogP contribution in [-0.2, 0) is 16.0 Å². The molecule has 0 radical (unpaired) electrons. The Hall–Kier alpha value is -3.25. The van der Waals surface area contributed by atoms with E-state index in [4.69, 9.17) is 0 Å². The molecule has 3 aromatic rings. The van der Waals surface area contributed by atoms with Crippen molar-refractivity contribution in [2.45, 2.75) is 39.2 Å². The third-order valence-electron chi connectivity index (χ3n) is 6.25. The number of rotatable bonds is 3. The van der Waals surface area contributed by atoms with Crippen LogP contribution in [0.3, 0.4) is 0 Å². The van der Waals surface area contributed by atoms with E-state index < -0.39 is 6.04 Å². The standard InChI is InChI=1S/C27H25FN2O2S/c1-27(2)15-20-25(22(31)16-27)26(23-8-5-13-33-23)30(21-7-4-3-6-19(21)29-20)24(32)14-17-9-11-18(28)12-10-17/h3-13,26,29H,14-16H2,1-2H3/t26-/m0/s1. The molecule has 5 rings (SSSR count). The van der Waals surface area contributed by atoms with Crippen LogP contribution < -0.4 is 10.2 Å². The summed E-state index contributed by atoms with van der Waals surface area (Å²) in [4.78, 5) is 30.1. The second-order valence-corrected chi connectivity index (χ2v) is 10.4. The second-order valence-electron chi connectivity index (χ2n) is 9.46. The van der Waals surface area contributed by atoms with Crippen LogP contribution in [-0.4, -0.2) is 11.7 Å². The molecule has 0 bridgehead atoms. The number of nitrogens with one attached hydrogen (secondary N) is 1. The summed E-state index contributed by atoms with van der Waals surface area (Å²) >= 11 is 1.54. The minimum absolute atomic E-state index is 0.0690. The number of allylic oxidation sites excluding steroid dienone is 1. The van der Waals surface area contributed by atoms with Crippen molar-refractivity contribution in [1.29, 1.82) is 0 Å². The molecular weight excluding hydrogens is 435 g/mol. The topological polar surface area (TPSA) is 49.4 Å². The average Bonchev–Trinajstić information content (AvgIpc) is 3.24. The third-order valence-corrected chi connectivity index (χ3v) is 7.18. The van der Waals surface area contributed by atoms with Gasteiger partial charge in [-0.2, -0.15) is 0 Å². The molecule has 0 saturated carbocycles. The number of benzene rings is 2. The van der Waals surface area contributed by atoms with Crippen molar-refractivity contribution >= 4 is 34.4 Å². The maximum atomic E-state index is 13.9. The van der Waals surface area contributed by atoms with Crippen molar-refractivity contribution in [3.63, 3.8) is 0 Å². The fourth-order valence-electron chi connectivity index (χ4n) is 4.84. The van der Waals surface area contributed by atoms with E-state index in [-0.39, 0.29) is 29.3 Å². The number of hydrogen-bond acceptors (Lipinski definition) is 4. The summed E-state index contributed by atoms with van der Waals surface area (Å²) in [6.07, 6.45) is 1.27. The molecular formula is C27H25FN2O2S.